The van der Waals surface area contributed by atoms with Gasteiger partial charge in [0.25, 0.3) is 0 Å². The van der Waals surface area contributed by atoms with Crippen LogP contribution in [0.3, 0.4) is 0 Å². The van der Waals surface area contributed by atoms with Crippen LogP contribution >= 0.6 is 0 Å². The summed E-state index contributed by atoms with van der Waals surface area (Å²) in [4.78, 5) is 2.39. The van der Waals surface area contributed by atoms with E-state index < -0.39 is 0 Å². The molecule has 0 N–H and O–H groups in total. The Morgan fingerprint density at radius 2 is 1.02 bits per heavy atom. The van der Waals surface area contributed by atoms with Gasteiger partial charge in [-0.25, -0.2) is 0 Å². The van der Waals surface area contributed by atoms with Crippen molar-refractivity contribution in [3.63, 3.8) is 0 Å². The Kier molecular flexibility index (Phi) is 6.51. The van der Waals surface area contributed by atoms with Gasteiger partial charge in [-0.1, -0.05) is 133 Å². The highest BCUT2D eigenvalue weighted by atomic mass is 16.3. The monoisotopic (exact) mass is 563 g/mol. The molecule has 1 heterocycles. The molecule has 8 aromatic rings. The van der Waals surface area contributed by atoms with Crippen LogP contribution in [-0.4, -0.2) is 0 Å². The molecule has 2 heteroatoms. The van der Waals surface area contributed by atoms with E-state index in [9.17, 15) is 0 Å². The van der Waals surface area contributed by atoms with Gasteiger partial charge >= 0.3 is 0 Å². The minimum Gasteiger partial charge on any atom is -0.456 e. The lowest BCUT2D eigenvalue weighted by atomic mass is 9.99. The van der Waals surface area contributed by atoms with Gasteiger partial charge in [0.2, 0.25) is 0 Å². The fourth-order valence-electron chi connectivity index (χ4n) is 6.12. The molecule has 0 bridgehead atoms. The standard InChI is InChI=1S/C42H29NO/c1-2-12-31(13-3-1)37-20-7-8-21-39(37)43(40-22-11-16-32-14-4-6-19-38(32)40)36-26-24-30(25-27-36)33-17-10-18-34(28-33)42-29-35-15-5-9-23-41(35)44-42/h1-29H. The molecule has 2 nitrogen and oxygen atoms in total. The Hall–Kier alpha value is -5.86. The maximum atomic E-state index is 6.17. The second-order valence-electron chi connectivity index (χ2n) is 11.0. The fraction of sp³-hybridized carbons (Fsp3) is 0. The normalized spacial score (nSPS) is 11.2. The molecule has 44 heavy (non-hydrogen) atoms. The highest BCUT2D eigenvalue weighted by molar-refractivity contribution is 6.01. The van der Waals surface area contributed by atoms with Crippen LogP contribution in [0, 0.1) is 0 Å². The molecule has 0 saturated heterocycles. The van der Waals surface area contributed by atoms with E-state index in [0.717, 1.165) is 50.5 Å². The van der Waals surface area contributed by atoms with Gasteiger partial charge in [-0.2, -0.15) is 0 Å². The van der Waals surface area contributed by atoms with Crippen molar-refractivity contribution in [2.75, 3.05) is 4.90 Å². The summed E-state index contributed by atoms with van der Waals surface area (Å²) >= 11 is 0. The van der Waals surface area contributed by atoms with Crippen LogP contribution in [0.4, 0.5) is 17.1 Å². The number of anilines is 3. The molecule has 0 unspecified atom stereocenters. The van der Waals surface area contributed by atoms with E-state index in [1.165, 1.54) is 21.9 Å². The minimum atomic E-state index is 0.879. The highest BCUT2D eigenvalue weighted by Gasteiger charge is 2.19. The van der Waals surface area contributed by atoms with Crippen molar-refractivity contribution in [2.45, 2.75) is 0 Å². The first-order valence-electron chi connectivity index (χ1n) is 14.9. The van der Waals surface area contributed by atoms with Crippen LogP contribution in [0.15, 0.2) is 180 Å². The van der Waals surface area contributed by atoms with Gasteiger partial charge < -0.3 is 9.32 Å². The minimum absolute atomic E-state index is 0.879. The number of furan rings is 1. The number of hydrogen-bond donors (Lipinski definition) is 0. The molecule has 0 aliphatic heterocycles. The number of nitrogens with zero attached hydrogens (tertiary/aromatic N) is 1. The Morgan fingerprint density at radius 1 is 0.386 bits per heavy atom. The number of fused-ring (bicyclic) bond motifs is 2. The summed E-state index contributed by atoms with van der Waals surface area (Å²) < 4.78 is 6.17. The first kappa shape index (κ1) is 25.8. The molecule has 0 spiro atoms. The Morgan fingerprint density at radius 3 is 1.89 bits per heavy atom. The van der Waals surface area contributed by atoms with Gasteiger partial charge in [-0.05, 0) is 64.5 Å². The summed E-state index contributed by atoms with van der Waals surface area (Å²) in [6.07, 6.45) is 0. The predicted molar refractivity (Wildman–Crippen MR) is 185 cm³/mol. The molecule has 0 amide bonds. The SMILES string of the molecule is c1ccc(-c2ccccc2N(c2ccc(-c3cccc(-c4cc5ccccc5o4)c3)cc2)c2cccc3ccccc23)cc1. The van der Waals surface area contributed by atoms with E-state index in [-0.39, 0.29) is 0 Å². The maximum absolute atomic E-state index is 6.17. The summed E-state index contributed by atoms with van der Waals surface area (Å²) in [5, 5.41) is 3.54. The zero-order valence-corrected chi connectivity index (χ0v) is 24.1. The molecule has 208 valence electrons. The van der Waals surface area contributed by atoms with Gasteiger partial charge in [0.15, 0.2) is 0 Å². The third kappa shape index (κ3) is 4.73. The van der Waals surface area contributed by atoms with Crippen LogP contribution in [0.25, 0.3) is 55.3 Å². The molecule has 1 aromatic heterocycles. The molecule has 0 radical (unpaired) electrons. The van der Waals surface area contributed by atoms with Crippen LogP contribution in [-0.2, 0) is 0 Å². The highest BCUT2D eigenvalue weighted by Crippen LogP contribution is 2.43. The smallest absolute Gasteiger partial charge is 0.135 e. The third-order valence-electron chi connectivity index (χ3n) is 8.27. The van der Waals surface area contributed by atoms with E-state index in [0.29, 0.717) is 0 Å². The van der Waals surface area contributed by atoms with Crippen molar-refractivity contribution >= 4 is 38.8 Å². The van der Waals surface area contributed by atoms with Crippen molar-refractivity contribution in [1.82, 2.24) is 0 Å². The van der Waals surface area contributed by atoms with E-state index in [4.69, 9.17) is 4.42 Å². The molecule has 0 aliphatic rings. The largest absolute Gasteiger partial charge is 0.456 e. The van der Waals surface area contributed by atoms with Gasteiger partial charge in [0, 0.05) is 27.6 Å². The summed E-state index contributed by atoms with van der Waals surface area (Å²) in [7, 11) is 0. The van der Waals surface area contributed by atoms with Crippen LogP contribution in [0.1, 0.15) is 0 Å². The average Bonchev–Trinajstić information content (AvgIpc) is 3.54. The lowest BCUT2D eigenvalue weighted by molar-refractivity contribution is 0.631. The second-order valence-corrected chi connectivity index (χ2v) is 11.0. The van der Waals surface area contributed by atoms with Gasteiger partial charge in [0.05, 0.1) is 11.4 Å². The predicted octanol–water partition coefficient (Wildman–Crippen LogP) is 12.1. The van der Waals surface area contributed by atoms with Crippen LogP contribution in [0.2, 0.25) is 0 Å². The lowest BCUT2D eigenvalue weighted by Gasteiger charge is -2.29. The summed E-state index contributed by atoms with van der Waals surface area (Å²) in [5.74, 6) is 0.879. The first-order chi connectivity index (χ1) is 21.8. The summed E-state index contributed by atoms with van der Waals surface area (Å²) in [5.41, 5.74) is 10.0. The zero-order chi connectivity index (χ0) is 29.3. The van der Waals surface area contributed by atoms with Gasteiger partial charge in [-0.3, -0.25) is 0 Å². The van der Waals surface area contributed by atoms with E-state index in [1.54, 1.807) is 0 Å². The van der Waals surface area contributed by atoms with Crippen molar-refractivity contribution in [3.05, 3.63) is 176 Å². The van der Waals surface area contributed by atoms with E-state index >= 15 is 0 Å². The van der Waals surface area contributed by atoms with Crippen molar-refractivity contribution in [2.24, 2.45) is 0 Å². The van der Waals surface area contributed by atoms with E-state index in [2.05, 4.69) is 163 Å². The van der Waals surface area contributed by atoms with E-state index in [1.807, 2.05) is 18.2 Å². The Labute approximate surface area is 257 Å². The molecule has 8 rings (SSSR count). The number of para-hydroxylation sites is 2. The Balaban J connectivity index is 1.24. The van der Waals surface area contributed by atoms with Gasteiger partial charge in [0.1, 0.15) is 11.3 Å². The molecular weight excluding hydrogens is 534 g/mol. The number of hydrogen-bond acceptors (Lipinski definition) is 2. The maximum Gasteiger partial charge on any atom is 0.135 e. The quantitative estimate of drug-likeness (QED) is 0.200. The van der Waals surface area contributed by atoms with Crippen molar-refractivity contribution in [1.29, 1.82) is 0 Å². The first-order valence-corrected chi connectivity index (χ1v) is 14.9. The van der Waals surface area contributed by atoms with Gasteiger partial charge in [-0.15, -0.1) is 0 Å². The molecular formula is C42H29NO. The van der Waals surface area contributed by atoms with Crippen LogP contribution in [0.5, 0.6) is 0 Å². The topological polar surface area (TPSA) is 16.4 Å². The molecule has 7 aromatic carbocycles. The van der Waals surface area contributed by atoms with Crippen molar-refractivity contribution < 1.29 is 4.42 Å². The number of rotatable bonds is 6. The fourth-order valence-corrected chi connectivity index (χ4v) is 6.12. The zero-order valence-electron chi connectivity index (χ0n) is 24.1. The summed E-state index contributed by atoms with van der Waals surface area (Å²) in [6, 6.07) is 62.2. The molecule has 0 saturated carbocycles. The third-order valence-corrected chi connectivity index (χ3v) is 8.27. The summed E-state index contributed by atoms with van der Waals surface area (Å²) in [6.45, 7) is 0. The second kappa shape index (κ2) is 11.1. The van der Waals surface area contributed by atoms with Crippen molar-refractivity contribution in [3.8, 4) is 33.6 Å². The lowest BCUT2D eigenvalue weighted by Crippen LogP contribution is -2.11. The molecule has 0 atom stereocenters. The molecule has 0 aliphatic carbocycles. The molecule has 0 fully saturated rings. The Bertz CT molecular complexity index is 2190. The average molecular weight is 564 g/mol. The number of benzene rings is 7. The van der Waals surface area contributed by atoms with Crippen LogP contribution < -0.4 is 4.90 Å².